The number of ether oxygens (including phenoxy) is 1. The minimum absolute atomic E-state index is 0.0342. The second-order valence-electron chi connectivity index (χ2n) is 2.61. The molecule has 0 fully saturated rings. The first kappa shape index (κ1) is 10.3. The third-order valence-electron chi connectivity index (χ3n) is 1.48. The predicted octanol–water partition coefficient (Wildman–Crippen LogP) is 2.47. The van der Waals surface area contributed by atoms with E-state index in [1.54, 1.807) is 6.07 Å². The maximum atomic E-state index is 8.86. The summed E-state index contributed by atoms with van der Waals surface area (Å²) in [5.74, 6) is 0.743. The first-order chi connectivity index (χ1) is 6.22. The van der Waals surface area contributed by atoms with Crippen molar-refractivity contribution < 1.29 is 9.84 Å². The summed E-state index contributed by atoms with van der Waals surface area (Å²) in [7, 11) is 0. The van der Waals surface area contributed by atoms with Gasteiger partial charge < -0.3 is 9.84 Å². The highest BCUT2D eigenvalue weighted by molar-refractivity contribution is 9.11. The minimum Gasteiger partial charge on any atom is -0.488 e. The van der Waals surface area contributed by atoms with Gasteiger partial charge >= 0.3 is 0 Å². The largest absolute Gasteiger partial charge is 0.488 e. The molecule has 1 aromatic rings. The van der Waals surface area contributed by atoms with Gasteiger partial charge in [-0.3, -0.25) is 0 Å². The molecular formula is C10H11BrO2. The van der Waals surface area contributed by atoms with Crippen LogP contribution < -0.4 is 4.74 Å². The summed E-state index contributed by atoms with van der Waals surface area (Å²) in [6.07, 6.45) is 0. The van der Waals surface area contributed by atoms with E-state index in [0.717, 1.165) is 15.8 Å². The Morgan fingerprint density at radius 1 is 1.54 bits per heavy atom. The van der Waals surface area contributed by atoms with Gasteiger partial charge in [-0.25, -0.2) is 0 Å². The van der Waals surface area contributed by atoms with Gasteiger partial charge in [-0.15, -0.1) is 0 Å². The molecule has 0 aliphatic rings. The number of benzene rings is 1. The number of aliphatic hydroxyl groups is 1. The molecule has 0 aliphatic heterocycles. The normalized spacial score (nSPS) is 9.69. The summed E-state index contributed by atoms with van der Waals surface area (Å²) in [5.41, 5.74) is 0.845. The molecule has 1 aromatic carbocycles. The van der Waals surface area contributed by atoms with E-state index in [9.17, 15) is 0 Å². The fraction of sp³-hybridized carbons (Fsp3) is 0.200. The molecule has 0 bridgehead atoms. The van der Waals surface area contributed by atoms with E-state index in [0.29, 0.717) is 6.61 Å². The molecule has 0 heterocycles. The van der Waals surface area contributed by atoms with E-state index >= 15 is 0 Å². The van der Waals surface area contributed by atoms with Crippen LogP contribution in [0.25, 0.3) is 0 Å². The Bertz CT molecular complexity index is 297. The van der Waals surface area contributed by atoms with Crippen LogP contribution in [-0.4, -0.2) is 11.7 Å². The van der Waals surface area contributed by atoms with Crippen LogP contribution >= 0.6 is 15.9 Å². The monoisotopic (exact) mass is 242 g/mol. The molecule has 13 heavy (non-hydrogen) atoms. The Morgan fingerprint density at radius 3 is 2.92 bits per heavy atom. The van der Waals surface area contributed by atoms with Crippen LogP contribution in [0.2, 0.25) is 0 Å². The Kier molecular flexibility index (Phi) is 3.99. The molecule has 0 atom stereocenters. The fourth-order valence-corrected chi connectivity index (χ4v) is 1.01. The third kappa shape index (κ3) is 3.61. The van der Waals surface area contributed by atoms with Crippen LogP contribution in [0, 0.1) is 0 Å². The quantitative estimate of drug-likeness (QED) is 0.880. The second-order valence-corrected chi connectivity index (χ2v) is 3.73. The highest BCUT2D eigenvalue weighted by atomic mass is 79.9. The lowest BCUT2D eigenvalue weighted by Crippen LogP contribution is -1.96. The third-order valence-corrected chi connectivity index (χ3v) is 1.71. The Labute approximate surface area is 86.0 Å². The van der Waals surface area contributed by atoms with Crippen molar-refractivity contribution in [1.82, 2.24) is 0 Å². The molecule has 70 valence electrons. The molecule has 0 unspecified atom stereocenters. The molecule has 0 spiro atoms. The SMILES string of the molecule is C=C(Br)COc1cccc(CO)c1. The average molecular weight is 243 g/mol. The lowest BCUT2D eigenvalue weighted by Gasteiger charge is -2.05. The van der Waals surface area contributed by atoms with Crippen molar-refractivity contribution in [2.24, 2.45) is 0 Å². The predicted molar refractivity (Wildman–Crippen MR) is 55.9 cm³/mol. The first-order valence-corrected chi connectivity index (χ1v) is 4.67. The average Bonchev–Trinajstić information content (AvgIpc) is 2.15. The lowest BCUT2D eigenvalue weighted by atomic mass is 10.2. The van der Waals surface area contributed by atoms with Crippen molar-refractivity contribution in [3.05, 3.63) is 40.9 Å². The van der Waals surface area contributed by atoms with Gasteiger partial charge in [0, 0.05) is 4.48 Å². The molecular weight excluding hydrogens is 232 g/mol. The zero-order valence-electron chi connectivity index (χ0n) is 7.16. The maximum Gasteiger partial charge on any atom is 0.120 e. The van der Waals surface area contributed by atoms with Gasteiger partial charge in [0.25, 0.3) is 0 Å². The summed E-state index contributed by atoms with van der Waals surface area (Å²) in [6, 6.07) is 7.33. The molecule has 0 saturated carbocycles. The summed E-state index contributed by atoms with van der Waals surface area (Å²) >= 11 is 3.20. The molecule has 0 radical (unpaired) electrons. The van der Waals surface area contributed by atoms with E-state index in [-0.39, 0.29) is 6.61 Å². The standard InChI is InChI=1S/C10H11BrO2/c1-8(11)7-13-10-4-2-3-9(5-10)6-12/h2-5,12H,1,6-7H2. The van der Waals surface area contributed by atoms with E-state index in [2.05, 4.69) is 22.5 Å². The Balaban J connectivity index is 2.61. The highest BCUT2D eigenvalue weighted by Crippen LogP contribution is 2.14. The zero-order chi connectivity index (χ0) is 9.68. The number of hydrogen-bond acceptors (Lipinski definition) is 2. The Morgan fingerprint density at radius 2 is 2.31 bits per heavy atom. The van der Waals surface area contributed by atoms with Crippen LogP contribution in [0.5, 0.6) is 5.75 Å². The number of hydrogen-bond donors (Lipinski definition) is 1. The van der Waals surface area contributed by atoms with Crippen LogP contribution in [-0.2, 0) is 6.61 Å². The molecule has 0 aromatic heterocycles. The van der Waals surface area contributed by atoms with Crippen molar-refractivity contribution >= 4 is 15.9 Å². The van der Waals surface area contributed by atoms with Crippen LogP contribution in [0.4, 0.5) is 0 Å². The topological polar surface area (TPSA) is 29.5 Å². The summed E-state index contributed by atoms with van der Waals surface area (Å²) < 4.78 is 6.15. The van der Waals surface area contributed by atoms with Crippen molar-refractivity contribution in [2.45, 2.75) is 6.61 Å². The molecule has 3 heteroatoms. The van der Waals surface area contributed by atoms with Gasteiger partial charge in [-0.1, -0.05) is 34.6 Å². The number of halogens is 1. The Hall–Kier alpha value is -0.800. The van der Waals surface area contributed by atoms with Gasteiger partial charge in [-0.2, -0.15) is 0 Å². The second kappa shape index (κ2) is 5.04. The van der Waals surface area contributed by atoms with Crippen molar-refractivity contribution in [2.75, 3.05) is 6.61 Å². The summed E-state index contributed by atoms with van der Waals surface area (Å²) in [4.78, 5) is 0. The molecule has 0 amide bonds. The smallest absolute Gasteiger partial charge is 0.120 e. The summed E-state index contributed by atoms with van der Waals surface area (Å²) in [6.45, 7) is 4.13. The van der Waals surface area contributed by atoms with Crippen LogP contribution in [0.15, 0.2) is 35.3 Å². The lowest BCUT2D eigenvalue weighted by molar-refractivity contribution is 0.280. The van der Waals surface area contributed by atoms with E-state index in [4.69, 9.17) is 9.84 Å². The van der Waals surface area contributed by atoms with Crippen molar-refractivity contribution in [1.29, 1.82) is 0 Å². The molecule has 0 aliphatic carbocycles. The van der Waals surface area contributed by atoms with Crippen molar-refractivity contribution in [3.63, 3.8) is 0 Å². The van der Waals surface area contributed by atoms with Gasteiger partial charge in [0.1, 0.15) is 12.4 Å². The van der Waals surface area contributed by atoms with Crippen LogP contribution in [0.3, 0.4) is 0 Å². The molecule has 1 rings (SSSR count). The van der Waals surface area contributed by atoms with E-state index in [1.165, 1.54) is 0 Å². The number of rotatable bonds is 4. The molecule has 1 N–H and O–H groups in total. The minimum atomic E-state index is 0.0342. The fourth-order valence-electron chi connectivity index (χ4n) is 0.895. The first-order valence-electron chi connectivity index (χ1n) is 3.88. The molecule has 0 saturated heterocycles. The van der Waals surface area contributed by atoms with Crippen LogP contribution in [0.1, 0.15) is 5.56 Å². The van der Waals surface area contributed by atoms with Gasteiger partial charge in [0.05, 0.1) is 6.61 Å². The van der Waals surface area contributed by atoms with Gasteiger partial charge in [-0.05, 0) is 17.7 Å². The van der Waals surface area contributed by atoms with E-state index in [1.807, 2.05) is 18.2 Å². The molecule has 2 nitrogen and oxygen atoms in total. The maximum absolute atomic E-state index is 8.86. The highest BCUT2D eigenvalue weighted by Gasteiger charge is 1.95. The summed E-state index contributed by atoms with van der Waals surface area (Å²) in [5, 5.41) is 8.86. The van der Waals surface area contributed by atoms with E-state index < -0.39 is 0 Å². The van der Waals surface area contributed by atoms with Gasteiger partial charge in [0.15, 0.2) is 0 Å². The van der Waals surface area contributed by atoms with Crippen molar-refractivity contribution in [3.8, 4) is 5.75 Å². The number of aliphatic hydroxyl groups excluding tert-OH is 1. The zero-order valence-corrected chi connectivity index (χ0v) is 8.75. The van der Waals surface area contributed by atoms with Gasteiger partial charge in [0.2, 0.25) is 0 Å².